The van der Waals surface area contributed by atoms with Crippen LogP contribution in [-0.2, 0) is 17.1 Å². The number of nitrogens with two attached hydrogens (primary N) is 2. The van der Waals surface area contributed by atoms with Crippen LogP contribution in [0.25, 0.3) is 57.0 Å². The number of rotatable bonds is 4. The number of benzene rings is 2. The Hall–Kier alpha value is -5.52. The SMILES string of the molecule is C=Cn1ccnc1-c1cc2ccccc2c(N)n1.C=Cn1ccnc1-c1cc2ccccc2c(N)n1.O=[N+]([O-])[O-].[Cu+]. The Labute approximate surface area is 244 Å². The van der Waals surface area contributed by atoms with Crippen molar-refractivity contribution in [3.05, 3.63) is 114 Å². The maximum absolute atomic E-state index is 8.25. The summed E-state index contributed by atoms with van der Waals surface area (Å²) in [6, 6.07) is 19.8. The zero-order valence-corrected chi connectivity index (χ0v) is 22.4. The van der Waals surface area contributed by atoms with Crippen LogP contribution in [0.3, 0.4) is 0 Å². The first-order valence-electron chi connectivity index (χ1n) is 11.8. The molecule has 6 aromatic rings. The summed E-state index contributed by atoms with van der Waals surface area (Å²) in [5, 5.41) is 18.8. The van der Waals surface area contributed by atoms with Gasteiger partial charge in [0.25, 0.3) is 0 Å². The molecule has 2 aromatic carbocycles. The van der Waals surface area contributed by atoms with Crippen molar-refractivity contribution in [2.45, 2.75) is 0 Å². The van der Waals surface area contributed by atoms with Crippen molar-refractivity contribution in [1.82, 2.24) is 29.1 Å². The molecule has 0 radical (unpaired) electrons. The Kier molecular flexibility index (Phi) is 9.90. The normalized spacial score (nSPS) is 9.95. The molecule has 0 amide bonds. The molecule has 41 heavy (non-hydrogen) atoms. The maximum atomic E-state index is 8.25. The van der Waals surface area contributed by atoms with E-state index in [-0.39, 0.29) is 17.1 Å². The molecule has 0 bridgehead atoms. The molecule has 0 saturated heterocycles. The van der Waals surface area contributed by atoms with Crippen LogP contribution < -0.4 is 11.5 Å². The Morgan fingerprint density at radius 1 is 0.732 bits per heavy atom. The number of hydrogen-bond acceptors (Lipinski definition) is 9. The molecule has 12 nitrogen and oxygen atoms in total. The van der Waals surface area contributed by atoms with Crippen LogP contribution in [0, 0.1) is 15.3 Å². The first-order valence-corrected chi connectivity index (χ1v) is 11.8. The summed E-state index contributed by atoms with van der Waals surface area (Å²) in [6.07, 6.45) is 10.5. The predicted octanol–water partition coefficient (Wildman–Crippen LogP) is 5.32. The minimum atomic E-state index is -1.75. The van der Waals surface area contributed by atoms with Crippen molar-refractivity contribution < 1.29 is 22.2 Å². The van der Waals surface area contributed by atoms with Gasteiger partial charge in [-0.3, -0.25) is 0 Å². The van der Waals surface area contributed by atoms with Gasteiger partial charge in [0.1, 0.15) is 23.0 Å². The van der Waals surface area contributed by atoms with E-state index < -0.39 is 5.09 Å². The summed E-state index contributed by atoms with van der Waals surface area (Å²) in [7, 11) is 0. The number of aromatic nitrogens is 6. The van der Waals surface area contributed by atoms with E-state index in [1.165, 1.54) is 0 Å². The summed E-state index contributed by atoms with van der Waals surface area (Å²) in [5.41, 5.74) is 13.5. The summed E-state index contributed by atoms with van der Waals surface area (Å²) < 4.78 is 3.63. The van der Waals surface area contributed by atoms with Crippen LogP contribution in [0.1, 0.15) is 0 Å². The molecule has 0 spiro atoms. The van der Waals surface area contributed by atoms with Crippen molar-refractivity contribution in [1.29, 1.82) is 0 Å². The second kappa shape index (κ2) is 13.5. The van der Waals surface area contributed by atoms with Crippen LogP contribution in [0.5, 0.6) is 0 Å². The van der Waals surface area contributed by atoms with Crippen LogP contribution >= 0.6 is 0 Å². The Balaban J connectivity index is 0.000000196. The molecule has 0 saturated carbocycles. The van der Waals surface area contributed by atoms with Gasteiger partial charge in [-0.2, -0.15) is 0 Å². The molecule has 4 aromatic heterocycles. The van der Waals surface area contributed by atoms with E-state index in [1.807, 2.05) is 82.2 Å². The van der Waals surface area contributed by atoms with Crippen molar-refractivity contribution in [3.63, 3.8) is 0 Å². The number of imidazole rings is 2. The van der Waals surface area contributed by atoms with Gasteiger partial charge in [0.05, 0.1) is 5.09 Å². The van der Waals surface area contributed by atoms with E-state index in [2.05, 4.69) is 33.1 Å². The van der Waals surface area contributed by atoms with Crippen molar-refractivity contribution in [2.75, 3.05) is 11.5 Å². The zero-order valence-electron chi connectivity index (χ0n) is 21.5. The van der Waals surface area contributed by atoms with Crippen molar-refractivity contribution >= 4 is 45.6 Å². The first-order chi connectivity index (χ1) is 19.3. The monoisotopic (exact) mass is 597 g/mol. The maximum Gasteiger partial charge on any atom is 1.00 e. The Morgan fingerprint density at radius 2 is 1.10 bits per heavy atom. The number of pyridine rings is 2. The smallest absolute Gasteiger partial charge is 0.383 e. The molecule has 0 fully saturated rings. The van der Waals surface area contributed by atoms with Crippen LogP contribution in [-0.4, -0.2) is 34.2 Å². The second-order valence-electron chi connectivity index (χ2n) is 8.13. The van der Waals surface area contributed by atoms with Gasteiger partial charge in [-0.1, -0.05) is 61.7 Å². The van der Waals surface area contributed by atoms with E-state index in [4.69, 9.17) is 26.8 Å². The van der Waals surface area contributed by atoms with Gasteiger partial charge in [-0.15, -0.1) is 0 Å². The third kappa shape index (κ3) is 6.92. The fourth-order valence-corrected chi connectivity index (χ4v) is 4.00. The number of nitrogen functional groups attached to an aromatic ring is 2. The molecule has 210 valence electrons. The number of fused-ring (bicyclic) bond motifs is 2. The minimum Gasteiger partial charge on any atom is -0.383 e. The molecule has 13 heteroatoms. The quantitative estimate of drug-likeness (QED) is 0.154. The van der Waals surface area contributed by atoms with Crippen LogP contribution in [0.4, 0.5) is 11.6 Å². The molecule has 4 N–H and O–H groups in total. The van der Waals surface area contributed by atoms with Gasteiger partial charge in [-0.05, 0) is 22.9 Å². The minimum absolute atomic E-state index is 0. The summed E-state index contributed by atoms with van der Waals surface area (Å²) in [6.45, 7) is 7.48. The third-order valence-electron chi connectivity index (χ3n) is 5.73. The molecular weight excluding hydrogens is 574 g/mol. The average molecular weight is 598 g/mol. The topological polar surface area (TPSA) is 180 Å². The molecule has 0 aliphatic carbocycles. The fourth-order valence-electron chi connectivity index (χ4n) is 4.00. The summed E-state index contributed by atoms with van der Waals surface area (Å²) in [5.74, 6) is 2.51. The van der Waals surface area contributed by atoms with Gasteiger partial charge in [0.15, 0.2) is 11.6 Å². The van der Waals surface area contributed by atoms with E-state index in [0.717, 1.165) is 44.6 Å². The Bertz CT molecular complexity index is 1700. The van der Waals surface area contributed by atoms with Gasteiger partial charge >= 0.3 is 17.1 Å². The van der Waals surface area contributed by atoms with E-state index in [0.29, 0.717) is 11.6 Å². The largest absolute Gasteiger partial charge is 1.00 e. The third-order valence-corrected chi connectivity index (χ3v) is 5.73. The predicted molar refractivity (Wildman–Crippen MR) is 158 cm³/mol. The first kappa shape index (κ1) is 30.0. The number of nitrogens with zero attached hydrogens (tertiary/aromatic N) is 7. The molecular formula is C28H24CuN9O3. The second-order valence-corrected chi connectivity index (χ2v) is 8.13. The van der Waals surface area contributed by atoms with E-state index in [1.54, 1.807) is 24.8 Å². The standard InChI is InChI=1S/2C14H12N4.Cu.NO3/c2*1-2-18-8-7-16-14(18)12-9-10-5-3-4-6-11(10)13(15)17-12;;2-1(3)4/h2*2-9H,1H2,(H2,15,17);;/q;;+1;-1. The molecule has 0 aliphatic rings. The van der Waals surface area contributed by atoms with Crippen molar-refractivity contribution in [2.24, 2.45) is 0 Å². The fraction of sp³-hybridized carbons (Fsp3) is 0. The molecule has 4 heterocycles. The van der Waals surface area contributed by atoms with E-state index in [9.17, 15) is 0 Å². The molecule has 0 atom stereocenters. The van der Waals surface area contributed by atoms with Crippen LogP contribution in [0.15, 0.2) is 98.6 Å². The molecule has 0 aliphatic heterocycles. The van der Waals surface area contributed by atoms with Gasteiger partial charge in [0.2, 0.25) is 0 Å². The zero-order chi connectivity index (χ0) is 28.6. The van der Waals surface area contributed by atoms with Gasteiger partial charge in [0, 0.05) is 48.0 Å². The van der Waals surface area contributed by atoms with Gasteiger partial charge in [-0.25, -0.2) is 19.9 Å². The summed E-state index contributed by atoms with van der Waals surface area (Å²) in [4.78, 5) is 25.6. The van der Waals surface area contributed by atoms with Crippen LogP contribution in [0.2, 0.25) is 0 Å². The Morgan fingerprint density at radius 3 is 1.46 bits per heavy atom. The molecule has 6 rings (SSSR count). The summed E-state index contributed by atoms with van der Waals surface area (Å²) >= 11 is 0. The molecule has 0 unspecified atom stereocenters. The van der Waals surface area contributed by atoms with E-state index >= 15 is 0 Å². The van der Waals surface area contributed by atoms with Gasteiger partial charge < -0.3 is 35.9 Å². The van der Waals surface area contributed by atoms with Crippen molar-refractivity contribution in [3.8, 4) is 23.0 Å². The number of anilines is 2. The average Bonchev–Trinajstić information content (AvgIpc) is 3.63. The number of hydrogen-bond donors (Lipinski definition) is 2.